The van der Waals surface area contributed by atoms with Gasteiger partial charge in [0.15, 0.2) is 11.5 Å². The molecular weight excluding hydrogens is 460 g/mol. The SMILES string of the molecule is CNC(=O)NC(=O)[C@H](c1ccccc1)N1CCN(S(=O)(=O)c2ccc3c(c2)OCCCO3)CC1. The van der Waals surface area contributed by atoms with Crippen molar-refractivity contribution in [2.24, 2.45) is 0 Å². The van der Waals surface area contributed by atoms with Crippen molar-refractivity contribution in [3.8, 4) is 11.5 Å². The summed E-state index contributed by atoms with van der Waals surface area (Å²) in [4.78, 5) is 26.7. The molecule has 2 aromatic carbocycles. The molecule has 0 aliphatic carbocycles. The molecule has 4 rings (SSSR count). The highest BCUT2D eigenvalue weighted by atomic mass is 32.2. The zero-order valence-corrected chi connectivity index (χ0v) is 19.7. The molecule has 3 amide bonds. The number of urea groups is 1. The zero-order chi connectivity index (χ0) is 24.1. The van der Waals surface area contributed by atoms with Crippen molar-refractivity contribution in [1.82, 2.24) is 19.8 Å². The lowest BCUT2D eigenvalue weighted by Crippen LogP contribution is -2.53. The predicted molar refractivity (Wildman–Crippen MR) is 124 cm³/mol. The van der Waals surface area contributed by atoms with Crippen LogP contribution in [-0.2, 0) is 14.8 Å². The first kappa shape index (κ1) is 24.0. The standard InChI is InChI=1S/C23H28N4O6S/c1-24-23(29)25-22(28)21(17-6-3-2-4-7-17)26-10-12-27(13-11-26)34(30,31)18-8-9-19-20(16-18)33-15-5-14-32-19/h2-4,6-9,16,21H,5,10-15H2,1H3,(H2,24,25,28,29)/t21-/m0/s1. The number of benzene rings is 2. The summed E-state index contributed by atoms with van der Waals surface area (Å²) in [6.07, 6.45) is 0.731. The predicted octanol–water partition coefficient (Wildman–Crippen LogP) is 1.35. The first-order chi connectivity index (χ1) is 16.4. The average Bonchev–Trinajstić information content (AvgIpc) is 3.10. The molecule has 11 heteroatoms. The van der Waals surface area contributed by atoms with Gasteiger partial charge in [0.1, 0.15) is 6.04 Å². The number of amides is 3. The Morgan fingerprint density at radius 3 is 2.29 bits per heavy atom. The minimum absolute atomic E-state index is 0.141. The third kappa shape index (κ3) is 5.16. The van der Waals surface area contributed by atoms with E-state index in [9.17, 15) is 18.0 Å². The fourth-order valence-corrected chi connectivity index (χ4v) is 5.50. The summed E-state index contributed by atoms with van der Waals surface area (Å²) >= 11 is 0. The maximum absolute atomic E-state index is 13.3. The monoisotopic (exact) mass is 488 g/mol. The van der Waals surface area contributed by atoms with E-state index in [1.54, 1.807) is 6.07 Å². The number of fused-ring (bicyclic) bond motifs is 1. The van der Waals surface area contributed by atoms with Crippen LogP contribution in [-0.4, -0.2) is 76.0 Å². The van der Waals surface area contributed by atoms with Gasteiger partial charge in [0.2, 0.25) is 15.9 Å². The van der Waals surface area contributed by atoms with Gasteiger partial charge in [-0.15, -0.1) is 0 Å². The molecule has 0 bridgehead atoms. The summed E-state index contributed by atoms with van der Waals surface area (Å²) in [7, 11) is -2.32. The minimum atomic E-state index is -3.76. The summed E-state index contributed by atoms with van der Waals surface area (Å²) in [6.45, 7) is 2.04. The van der Waals surface area contributed by atoms with E-state index in [1.165, 1.54) is 23.5 Å². The average molecular weight is 489 g/mol. The fourth-order valence-electron chi connectivity index (χ4n) is 4.06. The quantitative estimate of drug-likeness (QED) is 0.652. The van der Waals surface area contributed by atoms with Gasteiger partial charge in [-0.3, -0.25) is 15.0 Å². The number of nitrogens with zero attached hydrogens (tertiary/aromatic N) is 2. The maximum Gasteiger partial charge on any atom is 0.321 e. The molecule has 1 fully saturated rings. The second-order valence-electron chi connectivity index (χ2n) is 7.98. The first-order valence-electron chi connectivity index (χ1n) is 11.1. The summed E-state index contributed by atoms with van der Waals surface area (Å²) in [5.41, 5.74) is 0.725. The lowest BCUT2D eigenvalue weighted by atomic mass is 10.0. The number of sulfonamides is 1. The molecule has 2 N–H and O–H groups in total. The van der Waals surface area contributed by atoms with Crippen LogP contribution in [0.15, 0.2) is 53.4 Å². The number of carbonyl (C=O) groups is 2. The van der Waals surface area contributed by atoms with Crippen LogP contribution < -0.4 is 20.1 Å². The fraction of sp³-hybridized carbons (Fsp3) is 0.391. The molecule has 1 saturated heterocycles. The third-order valence-corrected chi connectivity index (χ3v) is 7.72. The van der Waals surface area contributed by atoms with E-state index in [-0.39, 0.29) is 18.0 Å². The van der Waals surface area contributed by atoms with Crippen molar-refractivity contribution in [1.29, 1.82) is 0 Å². The molecular formula is C23H28N4O6S. The highest BCUT2D eigenvalue weighted by molar-refractivity contribution is 7.89. The number of ether oxygens (including phenoxy) is 2. The van der Waals surface area contributed by atoms with Crippen LogP contribution in [0.1, 0.15) is 18.0 Å². The molecule has 0 saturated carbocycles. The van der Waals surface area contributed by atoms with Gasteiger partial charge in [0.05, 0.1) is 18.1 Å². The van der Waals surface area contributed by atoms with E-state index in [1.807, 2.05) is 35.2 Å². The molecule has 0 aromatic heterocycles. The smallest absolute Gasteiger partial charge is 0.321 e. The van der Waals surface area contributed by atoms with E-state index in [0.29, 0.717) is 37.8 Å². The van der Waals surface area contributed by atoms with E-state index in [0.717, 1.165) is 12.0 Å². The van der Waals surface area contributed by atoms with Gasteiger partial charge in [-0.2, -0.15) is 4.31 Å². The largest absolute Gasteiger partial charge is 0.490 e. The molecule has 0 spiro atoms. The molecule has 182 valence electrons. The van der Waals surface area contributed by atoms with E-state index in [2.05, 4.69) is 10.6 Å². The van der Waals surface area contributed by atoms with Crippen LogP contribution in [0.25, 0.3) is 0 Å². The normalized spacial score (nSPS) is 17.9. The van der Waals surface area contributed by atoms with Crippen LogP contribution in [0, 0.1) is 0 Å². The highest BCUT2D eigenvalue weighted by Gasteiger charge is 2.35. The van der Waals surface area contributed by atoms with Crippen LogP contribution >= 0.6 is 0 Å². The number of nitrogens with one attached hydrogen (secondary N) is 2. The van der Waals surface area contributed by atoms with Gasteiger partial charge < -0.3 is 14.8 Å². The lowest BCUT2D eigenvalue weighted by molar-refractivity contribution is -0.126. The van der Waals surface area contributed by atoms with Gasteiger partial charge in [-0.25, -0.2) is 13.2 Å². The van der Waals surface area contributed by atoms with Gasteiger partial charge in [0, 0.05) is 45.7 Å². The lowest BCUT2D eigenvalue weighted by Gasteiger charge is -2.38. The molecule has 2 heterocycles. The Hall–Kier alpha value is -3.15. The Morgan fingerprint density at radius 1 is 0.941 bits per heavy atom. The molecule has 1 atom stereocenters. The van der Waals surface area contributed by atoms with Crippen molar-refractivity contribution < 1.29 is 27.5 Å². The van der Waals surface area contributed by atoms with Crippen LogP contribution in [0.4, 0.5) is 4.79 Å². The van der Waals surface area contributed by atoms with Crippen molar-refractivity contribution in [2.45, 2.75) is 17.4 Å². The number of imide groups is 1. The molecule has 34 heavy (non-hydrogen) atoms. The van der Waals surface area contributed by atoms with Crippen molar-refractivity contribution >= 4 is 22.0 Å². The van der Waals surface area contributed by atoms with E-state index < -0.39 is 28.0 Å². The number of rotatable bonds is 5. The summed E-state index contributed by atoms with van der Waals surface area (Å²) in [5, 5.41) is 4.72. The van der Waals surface area contributed by atoms with Crippen molar-refractivity contribution in [2.75, 3.05) is 46.4 Å². The van der Waals surface area contributed by atoms with Crippen LogP contribution in [0.3, 0.4) is 0 Å². The third-order valence-electron chi connectivity index (χ3n) is 5.82. The summed E-state index contributed by atoms with van der Waals surface area (Å²) in [5.74, 6) is 0.492. The Kier molecular flexibility index (Phi) is 7.35. The first-order valence-corrected chi connectivity index (χ1v) is 12.6. The Balaban J connectivity index is 1.50. The Bertz CT molecular complexity index is 1130. The van der Waals surface area contributed by atoms with Crippen molar-refractivity contribution in [3.63, 3.8) is 0 Å². The second-order valence-corrected chi connectivity index (χ2v) is 9.92. The summed E-state index contributed by atoms with van der Waals surface area (Å²) in [6, 6.07) is 12.5. The van der Waals surface area contributed by atoms with Crippen LogP contribution in [0.5, 0.6) is 11.5 Å². The van der Waals surface area contributed by atoms with E-state index >= 15 is 0 Å². The number of hydrogen-bond donors (Lipinski definition) is 2. The molecule has 0 radical (unpaired) electrons. The number of hydrogen-bond acceptors (Lipinski definition) is 7. The second kappa shape index (κ2) is 10.4. The molecule has 10 nitrogen and oxygen atoms in total. The molecule has 2 aliphatic rings. The maximum atomic E-state index is 13.3. The minimum Gasteiger partial charge on any atom is -0.490 e. The molecule has 2 aromatic rings. The summed E-state index contributed by atoms with van der Waals surface area (Å²) < 4.78 is 39.2. The van der Waals surface area contributed by atoms with Gasteiger partial charge in [-0.05, 0) is 17.7 Å². The zero-order valence-electron chi connectivity index (χ0n) is 18.9. The Morgan fingerprint density at radius 2 is 1.62 bits per heavy atom. The number of carbonyl (C=O) groups excluding carboxylic acids is 2. The van der Waals surface area contributed by atoms with Gasteiger partial charge in [-0.1, -0.05) is 30.3 Å². The molecule has 2 aliphatic heterocycles. The highest BCUT2D eigenvalue weighted by Crippen LogP contribution is 2.33. The van der Waals surface area contributed by atoms with Crippen LogP contribution in [0.2, 0.25) is 0 Å². The van der Waals surface area contributed by atoms with Gasteiger partial charge in [0.25, 0.3) is 0 Å². The number of piperazine rings is 1. The van der Waals surface area contributed by atoms with E-state index in [4.69, 9.17) is 9.47 Å². The Labute approximate surface area is 198 Å². The molecule has 0 unspecified atom stereocenters. The topological polar surface area (TPSA) is 117 Å². The van der Waals surface area contributed by atoms with Crippen molar-refractivity contribution in [3.05, 3.63) is 54.1 Å². The van der Waals surface area contributed by atoms with Gasteiger partial charge >= 0.3 is 6.03 Å².